The monoisotopic (exact) mass is 351 g/mol. The van der Waals surface area contributed by atoms with Gasteiger partial charge in [-0.2, -0.15) is 0 Å². The molecule has 23 heavy (non-hydrogen) atoms. The Morgan fingerprint density at radius 3 is 2.74 bits per heavy atom. The number of aryl methyl sites for hydroxylation is 1. The number of aromatic nitrogens is 3. The average molecular weight is 351 g/mol. The van der Waals surface area contributed by atoms with E-state index in [1.165, 1.54) is 29.7 Å². The summed E-state index contributed by atoms with van der Waals surface area (Å²) < 4.78 is 27.7. The molecule has 0 saturated heterocycles. The molecule has 2 aromatic heterocycles. The molecule has 0 aliphatic rings. The van der Waals surface area contributed by atoms with Gasteiger partial charge in [-0.25, -0.2) is 22.2 Å². The van der Waals surface area contributed by atoms with E-state index < -0.39 is 10.0 Å². The lowest BCUT2D eigenvalue weighted by Gasteiger charge is -2.15. The van der Waals surface area contributed by atoms with Crippen LogP contribution in [0.5, 0.6) is 0 Å². The maximum absolute atomic E-state index is 12.4. The molecule has 3 rings (SSSR count). The van der Waals surface area contributed by atoms with E-state index >= 15 is 0 Å². The average Bonchev–Trinajstić information content (AvgIpc) is 3.02. The van der Waals surface area contributed by atoms with Crippen molar-refractivity contribution in [3.05, 3.63) is 41.7 Å². The summed E-state index contributed by atoms with van der Waals surface area (Å²) in [5, 5.41) is 8.25. The quantitative estimate of drug-likeness (QED) is 0.760. The van der Waals surface area contributed by atoms with Gasteiger partial charge in [-0.15, -0.1) is 5.10 Å². The Morgan fingerprint density at radius 2 is 2.04 bits per heavy atom. The van der Waals surface area contributed by atoms with Crippen LogP contribution in [0.15, 0.2) is 35.4 Å². The zero-order valence-corrected chi connectivity index (χ0v) is 14.6. The fourth-order valence-corrected chi connectivity index (χ4v) is 4.09. The summed E-state index contributed by atoms with van der Waals surface area (Å²) in [6, 6.07) is 6.96. The number of nitrogens with zero attached hydrogens (tertiary/aromatic N) is 4. The molecule has 0 aliphatic carbocycles. The highest BCUT2D eigenvalue weighted by atomic mass is 32.2. The number of hydrogen-bond acceptors (Lipinski definition) is 6. The van der Waals surface area contributed by atoms with Crippen molar-refractivity contribution in [2.75, 3.05) is 19.4 Å². The van der Waals surface area contributed by atoms with Gasteiger partial charge in [-0.1, -0.05) is 29.5 Å². The summed E-state index contributed by atoms with van der Waals surface area (Å²) in [6.45, 7) is 2.29. The van der Waals surface area contributed by atoms with Gasteiger partial charge >= 0.3 is 0 Å². The fraction of sp³-hybridized carbons (Fsp3) is 0.286. The second-order valence-corrected chi connectivity index (χ2v) is 8.34. The van der Waals surface area contributed by atoms with Crippen molar-refractivity contribution in [1.29, 1.82) is 0 Å². The number of hydrogen-bond donors (Lipinski definition) is 1. The Balaban J connectivity index is 1.84. The first-order valence-corrected chi connectivity index (χ1v) is 9.21. The third kappa shape index (κ3) is 3.07. The summed E-state index contributed by atoms with van der Waals surface area (Å²) in [6.07, 6.45) is 1.85. The summed E-state index contributed by atoms with van der Waals surface area (Å²) >= 11 is 1.43. The predicted octanol–water partition coefficient (Wildman–Crippen LogP) is 1.96. The molecule has 9 heteroatoms. The van der Waals surface area contributed by atoms with Crippen LogP contribution >= 0.6 is 11.3 Å². The molecule has 1 aromatic carbocycles. The van der Waals surface area contributed by atoms with Crippen molar-refractivity contribution < 1.29 is 8.42 Å². The molecular weight excluding hydrogens is 334 g/mol. The SMILES string of the molecule is Cc1cn2nc(NCc3ccccc3S(=O)(=O)N(C)C)sc2n1. The van der Waals surface area contributed by atoms with E-state index in [0.29, 0.717) is 22.1 Å². The van der Waals surface area contributed by atoms with Crippen LogP contribution < -0.4 is 5.32 Å². The zero-order valence-electron chi connectivity index (χ0n) is 13.0. The van der Waals surface area contributed by atoms with Gasteiger partial charge in [-0.05, 0) is 18.6 Å². The minimum atomic E-state index is -3.47. The molecule has 0 spiro atoms. The molecular formula is C14H17N5O2S2. The molecule has 1 N–H and O–H groups in total. The zero-order chi connectivity index (χ0) is 16.6. The lowest BCUT2D eigenvalue weighted by atomic mass is 10.2. The van der Waals surface area contributed by atoms with Crippen LogP contribution in [0.25, 0.3) is 4.96 Å². The lowest BCUT2D eigenvalue weighted by Crippen LogP contribution is -2.23. The summed E-state index contributed by atoms with van der Waals surface area (Å²) in [4.78, 5) is 5.45. The van der Waals surface area contributed by atoms with Crippen molar-refractivity contribution in [3.63, 3.8) is 0 Å². The van der Waals surface area contributed by atoms with Gasteiger partial charge in [0.1, 0.15) is 0 Å². The predicted molar refractivity (Wildman–Crippen MR) is 90.2 cm³/mol. The Kier molecular flexibility index (Phi) is 4.09. The molecule has 7 nitrogen and oxygen atoms in total. The Labute approximate surface area is 138 Å². The van der Waals surface area contributed by atoms with Crippen molar-refractivity contribution >= 4 is 31.5 Å². The van der Waals surface area contributed by atoms with Gasteiger partial charge in [0.25, 0.3) is 0 Å². The number of sulfonamides is 1. The molecule has 0 unspecified atom stereocenters. The number of anilines is 1. The van der Waals surface area contributed by atoms with Crippen molar-refractivity contribution in [2.45, 2.75) is 18.4 Å². The van der Waals surface area contributed by atoms with E-state index in [-0.39, 0.29) is 0 Å². The maximum Gasteiger partial charge on any atom is 0.242 e. The van der Waals surface area contributed by atoms with Gasteiger partial charge in [0.2, 0.25) is 20.1 Å². The van der Waals surface area contributed by atoms with Crippen molar-refractivity contribution in [1.82, 2.24) is 18.9 Å². The van der Waals surface area contributed by atoms with Crippen LogP contribution in [-0.2, 0) is 16.6 Å². The van der Waals surface area contributed by atoms with E-state index in [9.17, 15) is 8.42 Å². The highest BCUT2D eigenvalue weighted by Gasteiger charge is 2.20. The summed E-state index contributed by atoms with van der Waals surface area (Å²) in [5.41, 5.74) is 1.61. The first-order valence-electron chi connectivity index (χ1n) is 6.95. The first kappa shape index (κ1) is 15.9. The Bertz CT molecular complexity index is 912. The standard InChI is InChI=1S/C14H17N5O2S2/c1-10-9-19-14(16-10)22-13(17-19)15-8-11-6-4-5-7-12(11)23(20,21)18(2)3/h4-7,9H,8H2,1-3H3,(H,15,17). The molecule has 0 amide bonds. The molecule has 0 aliphatic heterocycles. The van der Waals surface area contributed by atoms with Gasteiger partial charge in [0.05, 0.1) is 16.8 Å². The van der Waals surface area contributed by atoms with Crippen LogP contribution in [0.2, 0.25) is 0 Å². The number of fused-ring (bicyclic) bond motifs is 1. The van der Waals surface area contributed by atoms with Crippen LogP contribution in [0, 0.1) is 6.92 Å². The number of rotatable bonds is 5. The number of imidazole rings is 1. The van der Waals surface area contributed by atoms with Crippen LogP contribution in [0.3, 0.4) is 0 Å². The number of benzene rings is 1. The van der Waals surface area contributed by atoms with Gasteiger partial charge in [-0.3, -0.25) is 0 Å². The Morgan fingerprint density at radius 1 is 1.30 bits per heavy atom. The van der Waals surface area contributed by atoms with Gasteiger partial charge in [0.15, 0.2) is 0 Å². The van der Waals surface area contributed by atoms with Crippen LogP contribution in [0.1, 0.15) is 11.3 Å². The smallest absolute Gasteiger partial charge is 0.242 e. The molecule has 3 aromatic rings. The van der Waals surface area contributed by atoms with Crippen molar-refractivity contribution in [3.8, 4) is 0 Å². The molecule has 2 heterocycles. The van der Waals surface area contributed by atoms with E-state index in [1.54, 1.807) is 22.7 Å². The number of nitrogens with one attached hydrogen (secondary N) is 1. The molecule has 0 atom stereocenters. The van der Waals surface area contributed by atoms with Crippen LogP contribution in [0.4, 0.5) is 5.13 Å². The molecule has 0 bridgehead atoms. The molecule has 0 saturated carbocycles. The minimum absolute atomic E-state index is 0.301. The molecule has 122 valence electrons. The lowest BCUT2D eigenvalue weighted by molar-refractivity contribution is 0.520. The van der Waals surface area contributed by atoms with Gasteiger partial charge in [0, 0.05) is 20.6 Å². The molecule has 0 radical (unpaired) electrons. The van der Waals surface area contributed by atoms with E-state index in [2.05, 4.69) is 15.4 Å². The first-order chi connectivity index (χ1) is 10.9. The molecule has 0 fully saturated rings. The van der Waals surface area contributed by atoms with E-state index in [0.717, 1.165) is 10.7 Å². The highest BCUT2D eigenvalue weighted by Crippen LogP contribution is 2.22. The van der Waals surface area contributed by atoms with E-state index in [4.69, 9.17) is 0 Å². The summed E-state index contributed by atoms with van der Waals surface area (Å²) in [5.74, 6) is 0. The minimum Gasteiger partial charge on any atom is -0.356 e. The third-order valence-corrected chi connectivity index (χ3v) is 6.12. The fourth-order valence-electron chi connectivity index (χ4n) is 2.15. The highest BCUT2D eigenvalue weighted by molar-refractivity contribution is 7.89. The van der Waals surface area contributed by atoms with E-state index in [1.807, 2.05) is 19.2 Å². The van der Waals surface area contributed by atoms with Crippen LogP contribution in [-0.4, -0.2) is 41.4 Å². The normalized spacial score (nSPS) is 12.2. The van der Waals surface area contributed by atoms with Crippen molar-refractivity contribution in [2.24, 2.45) is 0 Å². The van der Waals surface area contributed by atoms with Gasteiger partial charge < -0.3 is 5.32 Å². The Hall–Kier alpha value is -1.97. The second kappa shape index (κ2) is 5.91. The third-order valence-electron chi connectivity index (χ3n) is 3.32. The summed E-state index contributed by atoms with van der Waals surface area (Å²) in [7, 11) is -0.422. The largest absolute Gasteiger partial charge is 0.356 e. The maximum atomic E-state index is 12.4. The topological polar surface area (TPSA) is 79.6 Å². The second-order valence-electron chi connectivity index (χ2n) is 5.27.